The molecule has 0 radical (unpaired) electrons. The van der Waals surface area contributed by atoms with Crippen LogP contribution in [0.2, 0.25) is 0 Å². The number of benzene rings is 1. The first-order valence-electron chi connectivity index (χ1n) is 9.30. The number of likely N-dealkylation sites (tertiary alicyclic amines) is 1. The number of piperidine rings is 1. The molecule has 0 unspecified atom stereocenters. The molecule has 1 saturated heterocycles. The highest BCUT2D eigenvalue weighted by molar-refractivity contribution is 7.91. The molecule has 148 valence electrons. The number of sulfonamides is 1. The molecule has 1 aromatic carbocycles. The molecule has 28 heavy (non-hydrogen) atoms. The topological polar surface area (TPSA) is 73.5 Å². The van der Waals surface area contributed by atoms with Crippen LogP contribution in [-0.2, 0) is 14.8 Å². The van der Waals surface area contributed by atoms with E-state index < -0.39 is 10.0 Å². The molecule has 0 atom stereocenters. The Bertz CT molecular complexity index is 1030. The van der Waals surface area contributed by atoms with E-state index in [9.17, 15) is 13.2 Å². The first-order valence-corrected chi connectivity index (χ1v) is 11.6. The quantitative estimate of drug-likeness (QED) is 0.693. The summed E-state index contributed by atoms with van der Waals surface area (Å²) in [6.45, 7) is 1.16. The van der Waals surface area contributed by atoms with Crippen LogP contribution in [0.5, 0.6) is 0 Å². The van der Waals surface area contributed by atoms with E-state index in [4.69, 9.17) is 0 Å². The van der Waals surface area contributed by atoms with Crippen LogP contribution >= 0.6 is 11.3 Å². The number of carbonyl (C=O) groups is 1. The lowest BCUT2D eigenvalue weighted by Crippen LogP contribution is -2.44. The molecule has 1 N–H and O–H groups in total. The Balaban J connectivity index is 1.36. The average Bonchev–Trinajstić information content (AvgIpc) is 3.38. The Morgan fingerprint density at radius 2 is 1.96 bits per heavy atom. The van der Waals surface area contributed by atoms with E-state index in [0.717, 1.165) is 34.0 Å². The van der Waals surface area contributed by atoms with Gasteiger partial charge in [-0.05, 0) is 41.8 Å². The van der Waals surface area contributed by atoms with Crippen LogP contribution in [0.3, 0.4) is 0 Å². The number of carbonyl (C=O) groups excluding carboxylic acids is 1. The van der Waals surface area contributed by atoms with Gasteiger partial charge in [0.05, 0.1) is 6.54 Å². The highest BCUT2D eigenvalue weighted by Crippen LogP contribution is 2.30. The van der Waals surface area contributed by atoms with Crippen LogP contribution in [0, 0.1) is 0 Å². The van der Waals surface area contributed by atoms with Crippen molar-refractivity contribution in [1.29, 1.82) is 0 Å². The number of H-pyrrole nitrogens is 1. The smallest absolute Gasteiger partial charge is 0.252 e. The first kappa shape index (κ1) is 19.2. The van der Waals surface area contributed by atoms with Crippen molar-refractivity contribution in [3.05, 3.63) is 53.5 Å². The summed E-state index contributed by atoms with van der Waals surface area (Å²) in [4.78, 5) is 17.9. The van der Waals surface area contributed by atoms with E-state index in [2.05, 4.69) is 23.2 Å². The molecule has 1 aliphatic heterocycles. The molecule has 3 heterocycles. The lowest BCUT2D eigenvalue weighted by atomic mass is 9.93. The van der Waals surface area contributed by atoms with Crippen molar-refractivity contribution in [3.63, 3.8) is 0 Å². The van der Waals surface area contributed by atoms with Gasteiger partial charge in [-0.15, -0.1) is 11.3 Å². The summed E-state index contributed by atoms with van der Waals surface area (Å²) >= 11 is 1.16. The lowest BCUT2D eigenvalue weighted by molar-refractivity contribution is -0.132. The van der Waals surface area contributed by atoms with Gasteiger partial charge in [0.15, 0.2) is 0 Å². The number of amides is 1. The van der Waals surface area contributed by atoms with Crippen LogP contribution in [0.4, 0.5) is 0 Å². The summed E-state index contributed by atoms with van der Waals surface area (Å²) in [5.74, 6) is 0.252. The second-order valence-corrected chi connectivity index (χ2v) is 10.4. The number of hydrogen-bond acceptors (Lipinski definition) is 4. The van der Waals surface area contributed by atoms with Crippen molar-refractivity contribution >= 4 is 38.2 Å². The van der Waals surface area contributed by atoms with Crippen molar-refractivity contribution < 1.29 is 13.2 Å². The van der Waals surface area contributed by atoms with Gasteiger partial charge in [0.2, 0.25) is 5.91 Å². The molecule has 0 saturated carbocycles. The summed E-state index contributed by atoms with van der Waals surface area (Å²) < 4.78 is 26.4. The highest BCUT2D eigenvalue weighted by Gasteiger charge is 2.29. The number of likely N-dealkylation sites (N-methyl/N-ethyl adjacent to an activating group) is 1. The van der Waals surface area contributed by atoms with Gasteiger partial charge in [0, 0.05) is 37.3 Å². The summed E-state index contributed by atoms with van der Waals surface area (Å²) in [6, 6.07) is 13.7. The molecule has 1 aliphatic rings. The predicted octanol–water partition coefficient (Wildman–Crippen LogP) is 3.26. The number of hydrogen-bond donors (Lipinski definition) is 1. The van der Waals surface area contributed by atoms with E-state index >= 15 is 0 Å². The molecule has 4 rings (SSSR count). The van der Waals surface area contributed by atoms with E-state index in [1.54, 1.807) is 22.4 Å². The van der Waals surface area contributed by atoms with Gasteiger partial charge in [-0.25, -0.2) is 8.42 Å². The Labute approximate surface area is 168 Å². The third kappa shape index (κ3) is 3.72. The van der Waals surface area contributed by atoms with E-state index in [1.165, 1.54) is 18.1 Å². The summed E-state index contributed by atoms with van der Waals surface area (Å²) in [7, 11) is -2.14. The maximum absolute atomic E-state index is 12.6. The zero-order valence-electron chi connectivity index (χ0n) is 15.7. The molecular weight excluding hydrogens is 394 g/mol. The Kier molecular flexibility index (Phi) is 5.27. The number of rotatable bonds is 5. The minimum atomic E-state index is -3.60. The van der Waals surface area contributed by atoms with Gasteiger partial charge in [-0.3, -0.25) is 4.79 Å². The van der Waals surface area contributed by atoms with Gasteiger partial charge >= 0.3 is 0 Å². The molecule has 1 fully saturated rings. The lowest BCUT2D eigenvalue weighted by Gasteiger charge is -2.32. The number of thiophene rings is 1. The van der Waals surface area contributed by atoms with Gasteiger partial charge in [-0.1, -0.05) is 24.3 Å². The SMILES string of the molecule is CN(CC(=O)N1CCC(c2cc3ccccc3[nH]2)CC1)S(=O)(=O)c1cccs1. The van der Waals surface area contributed by atoms with Crippen molar-refractivity contribution in [3.8, 4) is 0 Å². The van der Waals surface area contributed by atoms with Crippen LogP contribution < -0.4 is 0 Å². The monoisotopic (exact) mass is 417 g/mol. The second kappa shape index (κ2) is 7.69. The molecular formula is C20H23N3O3S2. The standard InChI is InChI=1S/C20H23N3O3S2/c1-22(28(25,26)20-7-4-12-27-20)14-19(24)23-10-8-15(9-11-23)18-13-16-5-2-3-6-17(16)21-18/h2-7,12-13,15,21H,8-11,14H2,1H3. The second-order valence-electron chi connectivity index (χ2n) is 7.16. The fraction of sp³-hybridized carbons (Fsp3) is 0.350. The van der Waals surface area contributed by atoms with Crippen molar-refractivity contribution in [2.24, 2.45) is 0 Å². The first-order chi connectivity index (χ1) is 13.4. The van der Waals surface area contributed by atoms with Crippen LogP contribution in [0.15, 0.2) is 52.1 Å². The number of aromatic nitrogens is 1. The normalized spacial score (nSPS) is 16.1. The van der Waals surface area contributed by atoms with Gasteiger partial charge in [-0.2, -0.15) is 4.31 Å². The Morgan fingerprint density at radius 3 is 2.64 bits per heavy atom. The van der Waals surface area contributed by atoms with Gasteiger partial charge in [0.25, 0.3) is 10.0 Å². The van der Waals surface area contributed by atoms with Crippen LogP contribution in [0.1, 0.15) is 24.5 Å². The fourth-order valence-electron chi connectivity index (χ4n) is 3.69. The van der Waals surface area contributed by atoms with E-state index in [1.807, 2.05) is 12.1 Å². The maximum atomic E-state index is 12.6. The number of para-hydroxylation sites is 1. The molecule has 0 spiro atoms. The Morgan fingerprint density at radius 1 is 1.21 bits per heavy atom. The zero-order valence-corrected chi connectivity index (χ0v) is 17.3. The van der Waals surface area contributed by atoms with Crippen molar-refractivity contribution in [1.82, 2.24) is 14.2 Å². The van der Waals surface area contributed by atoms with Gasteiger partial charge in [0.1, 0.15) is 4.21 Å². The average molecular weight is 418 g/mol. The maximum Gasteiger partial charge on any atom is 0.252 e. The van der Waals surface area contributed by atoms with Crippen LogP contribution in [0.25, 0.3) is 10.9 Å². The van der Waals surface area contributed by atoms with Crippen LogP contribution in [-0.4, -0.2) is 55.2 Å². The zero-order chi connectivity index (χ0) is 19.7. The van der Waals surface area contributed by atoms with E-state index in [0.29, 0.717) is 19.0 Å². The number of nitrogens with zero attached hydrogens (tertiary/aromatic N) is 2. The molecule has 1 amide bonds. The summed E-state index contributed by atoms with van der Waals surface area (Å²) in [6.07, 6.45) is 1.75. The van der Waals surface area contributed by atoms with E-state index in [-0.39, 0.29) is 16.7 Å². The molecule has 0 aliphatic carbocycles. The third-order valence-corrected chi connectivity index (χ3v) is 8.53. The molecule has 3 aromatic rings. The predicted molar refractivity (Wildman–Crippen MR) is 111 cm³/mol. The molecule has 8 heteroatoms. The van der Waals surface area contributed by atoms with Crippen molar-refractivity contribution in [2.45, 2.75) is 23.0 Å². The third-order valence-electron chi connectivity index (χ3n) is 5.36. The summed E-state index contributed by atoms with van der Waals surface area (Å²) in [5.41, 5.74) is 2.35. The number of nitrogens with one attached hydrogen (secondary N) is 1. The van der Waals surface area contributed by atoms with Gasteiger partial charge < -0.3 is 9.88 Å². The largest absolute Gasteiger partial charge is 0.358 e. The summed E-state index contributed by atoms with van der Waals surface area (Å²) in [5, 5.41) is 2.92. The molecule has 2 aromatic heterocycles. The minimum Gasteiger partial charge on any atom is -0.358 e. The highest BCUT2D eigenvalue weighted by atomic mass is 32.2. The number of aromatic amines is 1. The number of fused-ring (bicyclic) bond motifs is 1. The molecule has 0 bridgehead atoms. The minimum absolute atomic E-state index is 0.128. The fourth-order valence-corrected chi connectivity index (χ4v) is 6.02. The molecule has 6 nitrogen and oxygen atoms in total. The Hall–Kier alpha value is -2.16. The van der Waals surface area contributed by atoms with Crippen molar-refractivity contribution in [2.75, 3.05) is 26.7 Å².